The molecule has 0 unspecified atom stereocenters. The lowest BCUT2D eigenvalue weighted by Crippen LogP contribution is -1.88. The highest BCUT2D eigenvalue weighted by Gasteiger charge is 2.07. The molecule has 0 amide bonds. The Morgan fingerprint density at radius 2 is 1.67 bits per heavy atom. The van der Waals surface area contributed by atoms with Crippen molar-refractivity contribution >= 4 is 12.6 Å². The summed E-state index contributed by atoms with van der Waals surface area (Å²) in [5, 5.41) is 0. The average Bonchev–Trinajstić information content (AvgIpc) is 2.29. The topological polar surface area (TPSA) is 9.23 Å². The molecule has 2 rings (SSSR count). The van der Waals surface area contributed by atoms with Gasteiger partial charge in [-0.1, -0.05) is 36.4 Å². The van der Waals surface area contributed by atoms with Crippen LogP contribution in [0.15, 0.2) is 53.4 Å². The minimum atomic E-state index is 0.855. The molecule has 76 valence electrons. The van der Waals surface area contributed by atoms with Crippen molar-refractivity contribution in [3.05, 3.63) is 48.5 Å². The smallest absolute Gasteiger partial charge is 0.127 e. The molecule has 0 saturated carbocycles. The summed E-state index contributed by atoms with van der Waals surface area (Å²) in [7, 11) is 1.68. The molecular weight excluding hydrogens is 204 g/mol. The fourth-order valence-corrected chi connectivity index (χ4v) is 1.91. The maximum Gasteiger partial charge on any atom is 0.127 e. The van der Waals surface area contributed by atoms with Crippen LogP contribution in [0.1, 0.15) is 0 Å². The van der Waals surface area contributed by atoms with Gasteiger partial charge in [-0.3, -0.25) is 0 Å². The third kappa shape index (κ3) is 2.00. The number of hydrogen-bond acceptors (Lipinski definition) is 2. The van der Waals surface area contributed by atoms with Gasteiger partial charge in [0, 0.05) is 10.5 Å². The van der Waals surface area contributed by atoms with Gasteiger partial charge in [-0.25, -0.2) is 0 Å². The Hall–Kier alpha value is -1.41. The second kappa shape index (κ2) is 4.41. The van der Waals surface area contributed by atoms with Crippen molar-refractivity contribution in [2.75, 3.05) is 7.11 Å². The van der Waals surface area contributed by atoms with Crippen molar-refractivity contribution < 1.29 is 4.74 Å². The lowest BCUT2D eigenvalue weighted by Gasteiger charge is -2.10. The van der Waals surface area contributed by atoms with E-state index in [4.69, 9.17) is 4.74 Å². The first-order valence-electron chi connectivity index (χ1n) is 4.74. The van der Waals surface area contributed by atoms with Crippen molar-refractivity contribution in [2.45, 2.75) is 4.90 Å². The Balaban J connectivity index is 2.61. The first-order chi connectivity index (χ1) is 7.33. The molecule has 0 aliphatic heterocycles. The summed E-state index contributed by atoms with van der Waals surface area (Å²) in [6.45, 7) is 0. The SMILES string of the molecule is COc1cccc(S)c1-c1ccccc1. The number of benzene rings is 2. The highest BCUT2D eigenvalue weighted by molar-refractivity contribution is 7.80. The van der Waals surface area contributed by atoms with E-state index in [2.05, 4.69) is 24.8 Å². The van der Waals surface area contributed by atoms with Crippen LogP contribution in [0.25, 0.3) is 11.1 Å². The second-order valence-corrected chi connectivity index (χ2v) is 3.70. The maximum absolute atomic E-state index is 5.33. The van der Waals surface area contributed by atoms with Gasteiger partial charge in [0.25, 0.3) is 0 Å². The molecule has 0 heterocycles. The van der Waals surface area contributed by atoms with Crippen molar-refractivity contribution in [2.24, 2.45) is 0 Å². The van der Waals surface area contributed by atoms with E-state index in [9.17, 15) is 0 Å². The van der Waals surface area contributed by atoms with Crippen molar-refractivity contribution in [3.63, 3.8) is 0 Å². The number of thiol groups is 1. The molecule has 2 aromatic rings. The van der Waals surface area contributed by atoms with E-state index in [1.807, 2.05) is 36.4 Å². The molecule has 0 fully saturated rings. The van der Waals surface area contributed by atoms with E-state index in [1.54, 1.807) is 7.11 Å². The predicted molar refractivity (Wildman–Crippen MR) is 65.7 cm³/mol. The zero-order chi connectivity index (χ0) is 10.7. The van der Waals surface area contributed by atoms with Crippen LogP contribution in [0.5, 0.6) is 5.75 Å². The standard InChI is InChI=1S/C13H12OS/c1-14-11-8-5-9-12(15)13(11)10-6-3-2-4-7-10/h2-9,15H,1H3. The summed E-state index contributed by atoms with van der Waals surface area (Å²) in [5.41, 5.74) is 2.17. The van der Waals surface area contributed by atoms with Crippen LogP contribution in [0.4, 0.5) is 0 Å². The lowest BCUT2D eigenvalue weighted by atomic mass is 10.0. The van der Waals surface area contributed by atoms with Crippen LogP contribution in [-0.4, -0.2) is 7.11 Å². The largest absolute Gasteiger partial charge is 0.496 e. The number of ether oxygens (including phenoxy) is 1. The van der Waals surface area contributed by atoms with Crippen LogP contribution in [-0.2, 0) is 0 Å². The molecule has 0 atom stereocenters. The van der Waals surface area contributed by atoms with Crippen LogP contribution in [0.3, 0.4) is 0 Å². The quantitative estimate of drug-likeness (QED) is 0.754. The fourth-order valence-electron chi connectivity index (χ4n) is 1.58. The monoisotopic (exact) mass is 216 g/mol. The molecule has 2 aromatic carbocycles. The van der Waals surface area contributed by atoms with Crippen molar-refractivity contribution in [3.8, 4) is 16.9 Å². The Morgan fingerprint density at radius 1 is 0.933 bits per heavy atom. The summed E-state index contributed by atoms with van der Waals surface area (Å²) in [4.78, 5) is 0.931. The summed E-state index contributed by atoms with van der Waals surface area (Å²) in [6.07, 6.45) is 0. The van der Waals surface area contributed by atoms with Gasteiger partial charge in [0.2, 0.25) is 0 Å². The molecular formula is C13H12OS. The van der Waals surface area contributed by atoms with Crippen LogP contribution in [0, 0.1) is 0 Å². The van der Waals surface area contributed by atoms with Crippen LogP contribution >= 0.6 is 12.6 Å². The molecule has 0 aromatic heterocycles. The number of methoxy groups -OCH3 is 1. The van der Waals surface area contributed by atoms with E-state index in [0.29, 0.717) is 0 Å². The average molecular weight is 216 g/mol. The molecule has 0 aliphatic carbocycles. The molecule has 2 heteroatoms. The summed E-state index contributed by atoms with van der Waals surface area (Å²) >= 11 is 4.45. The normalized spacial score (nSPS) is 10.0. The lowest BCUT2D eigenvalue weighted by molar-refractivity contribution is 0.415. The van der Waals surface area contributed by atoms with Gasteiger partial charge in [0.05, 0.1) is 7.11 Å². The Kier molecular flexibility index (Phi) is 2.97. The molecule has 0 radical (unpaired) electrons. The van der Waals surface area contributed by atoms with Gasteiger partial charge in [-0.05, 0) is 17.7 Å². The molecule has 1 nitrogen and oxygen atoms in total. The third-order valence-corrected chi connectivity index (χ3v) is 2.66. The van der Waals surface area contributed by atoms with E-state index in [-0.39, 0.29) is 0 Å². The number of hydrogen-bond donors (Lipinski definition) is 1. The molecule has 0 N–H and O–H groups in total. The summed E-state index contributed by atoms with van der Waals surface area (Å²) in [5.74, 6) is 0.855. The highest BCUT2D eigenvalue weighted by atomic mass is 32.1. The van der Waals surface area contributed by atoms with Gasteiger partial charge in [-0.15, -0.1) is 12.6 Å². The van der Waals surface area contributed by atoms with E-state index >= 15 is 0 Å². The summed E-state index contributed by atoms with van der Waals surface area (Å²) < 4.78 is 5.33. The highest BCUT2D eigenvalue weighted by Crippen LogP contribution is 2.34. The van der Waals surface area contributed by atoms with E-state index < -0.39 is 0 Å². The van der Waals surface area contributed by atoms with Gasteiger partial charge in [0.15, 0.2) is 0 Å². The minimum absolute atomic E-state index is 0.855. The Labute approximate surface area is 95.1 Å². The number of rotatable bonds is 2. The van der Waals surface area contributed by atoms with Crippen LogP contribution in [0.2, 0.25) is 0 Å². The fraction of sp³-hybridized carbons (Fsp3) is 0.0769. The van der Waals surface area contributed by atoms with Crippen molar-refractivity contribution in [1.29, 1.82) is 0 Å². The Morgan fingerprint density at radius 3 is 2.33 bits per heavy atom. The maximum atomic E-state index is 5.33. The first-order valence-corrected chi connectivity index (χ1v) is 5.19. The molecule has 0 saturated heterocycles. The van der Waals surface area contributed by atoms with Crippen LogP contribution < -0.4 is 4.74 Å². The summed E-state index contributed by atoms with van der Waals surface area (Å²) in [6, 6.07) is 16.0. The molecule has 0 bridgehead atoms. The van der Waals surface area contributed by atoms with E-state index in [1.165, 1.54) is 0 Å². The predicted octanol–water partition coefficient (Wildman–Crippen LogP) is 3.65. The molecule has 0 spiro atoms. The van der Waals surface area contributed by atoms with Gasteiger partial charge < -0.3 is 4.74 Å². The van der Waals surface area contributed by atoms with Crippen molar-refractivity contribution in [1.82, 2.24) is 0 Å². The zero-order valence-electron chi connectivity index (χ0n) is 8.47. The van der Waals surface area contributed by atoms with Gasteiger partial charge >= 0.3 is 0 Å². The second-order valence-electron chi connectivity index (χ2n) is 3.22. The molecule has 15 heavy (non-hydrogen) atoms. The van der Waals surface area contributed by atoms with Gasteiger partial charge in [0.1, 0.15) is 5.75 Å². The molecule has 0 aliphatic rings. The third-order valence-electron chi connectivity index (χ3n) is 2.29. The van der Waals surface area contributed by atoms with Gasteiger partial charge in [-0.2, -0.15) is 0 Å². The minimum Gasteiger partial charge on any atom is -0.496 e. The van der Waals surface area contributed by atoms with E-state index in [0.717, 1.165) is 21.8 Å². The first kappa shape index (κ1) is 10.1. The Bertz CT molecular complexity index is 451. The zero-order valence-corrected chi connectivity index (χ0v) is 9.37.